The highest BCUT2D eigenvalue weighted by Gasteiger charge is 2.24. The number of amides is 1. The number of benzene rings is 1. The molecular formula is C14H19ClN2O2. The Morgan fingerprint density at radius 3 is 2.84 bits per heavy atom. The Bertz CT molecular complexity index is 465. The number of rotatable bonds is 2. The van der Waals surface area contributed by atoms with Crippen LogP contribution in [0, 0.1) is 0 Å². The molecule has 0 saturated heterocycles. The van der Waals surface area contributed by atoms with E-state index in [9.17, 15) is 9.90 Å². The second-order valence-corrected chi connectivity index (χ2v) is 5.39. The smallest absolute Gasteiger partial charge is 0.253 e. The summed E-state index contributed by atoms with van der Waals surface area (Å²) in [5, 5.41) is 13.2. The van der Waals surface area contributed by atoms with E-state index in [4.69, 9.17) is 17.3 Å². The van der Waals surface area contributed by atoms with Gasteiger partial charge in [0.15, 0.2) is 0 Å². The van der Waals surface area contributed by atoms with Gasteiger partial charge in [-0.05, 0) is 25.0 Å². The van der Waals surface area contributed by atoms with Crippen LogP contribution in [-0.4, -0.2) is 23.2 Å². The monoisotopic (exact) mass is 282 g/mol. The maximum Gasteiger partial charge on any atom is 0.253 e. The van der Waals surface area contributed by atoms with Gasteiger partial charge >= 0.3 is 0 Å². The van der Waals surface area contributed by atoms with Crippen LogP contribution < -0.4 is 11.1 Å². The summed E-state index contributed by atoms with van der Waals surface area (Å²) in [4.78, 5) is 12.2. The Kier molecular flexibility index (Phi) is 4.66. The standard InChI is InChI=1S/C14H19ClN2O2/c15-10-6-4-5-9(13(10)16)14(19)17-11-7-2-1-3-8-12(11)18/h4-6,11-12,18H,1-3,7-8,16H2,(H,17,19). The van der Waals surface area contributed by atoms with Crippen molar-refractivity contribution in [1.29, 1.82) is 0 Å². The number of anilines is 1. The van der Waals surface area contributed by atoms with Crippen molar-refractivity contribution in [2.45, 2.75) is 44.2 Å². The number of aliphatic hydroxyl groups excluding tert-OH is 1. The van der Waals surface area contributed by atoms with Crippen LogP contribution in [0.3, 0.4) is 0 Å². The van der Waals surface area contributed by atoms with Gasteiger partial charge in [0.2, 0.25) is 0 Å². The third kappa shape index (κ3) is 3.39. The third-order valence-corrected chi connectivity index (χ3v) is 3.92. The Hall–Kier alpha value is -1.26. The van der Waals surface area contributed by atoms with E-state index in [1.54, 1.807) is 18.2 Å². The predicted octanol–water partition coefficient (Wildman–Crippen LogP) is 2.35. The lowest BCUT2D eigenvalue weighted by atomic mass is 10.0. The summed E-state index contributed by atoms with van der Waals surface area (Å²) in [6.45, 7) is 0. The first kappa shape index (κ1) is 14.2. The summed E-state index contributed by atoms with van der Waals surface area (Å²) in [5.74, 6) is -0.272. The molecule has 5 heteroatoms. The first-order chi connectivity index (χ1) is 9.09. The van der Waals surface area contributed by atoms with Crippen LogP contribution in [0.2, 0.25) is 5.02 Å². The van der Waals surface area contributed by atoms with Gasteiger partial charge in [-0.2, -0.15) is 0 Å². The number of hydrogen-bond donors (Lipinski definition) is 3. The zero-order valence-electron chi connectivity index (χ0n) is 10.7. The minimum atomic E-state index is -0.480. The number of nitrogen functional groups attached to an aromatic ring is 1. The van der Waals surface area contributed by atoms with E-state index >= 15 is 0 Å². The van der Waals surface area contributed by atoms with Gasteiger partial charge in [0.05, 0.1) is 28.4 Å². The molecule has 0 heterocycles. The minimum Gasteiger partial charge on any atom is -0.397 e. The van der Waals surface area contributed by atoms with Gasteiger partial charge in [0.25, 0.3) is 5.91 Å². The lowest BCUT2D eigenvalue weighted by Gasteiger charge is -2.22. The molecule has 1 fully saturated rings. The predicted molar refractivity (Wildman–Crippen MR) is 76.2 cm³/mol. The molecule has 4 nitrogen and oxygen atoms in total. The number of carbonyl (C=O) groups is 1. The van der Waals surface area contributed by atoms with Crippen LogP contribution in [0.25, 0.3) is 0 Å². The zero-order valence-corrected chi connectivity index (χ0v) is 11.5. The minimum absolute atomic E-state index is 0.201. The summed E-state index contributed by atoms with van der Waals surface area (Å²) in [5.41, 5.74) is 6.45. The summed E-state index contributed by atoms with van der Waals surface area (Å²) >= 11 is 5.90. The topological polar surface area (TPSA) is 75.4 Å². The van der Waals surface area contributed by atoms with E-state index in [2.05, 4.69) is 5.32 Å². The third-order valence-electron chi connectivity index (χ3n) is 3.59. The van der Waals surface area contributed by atoms with Crippen molar-refractivity contribution in [2.75, 3.05) is 5.73 Å². The van der Waals surface area contributed by atoms with Gasteiger partial charge in [-0.15, -0.1) is 0 Å². The van der Waals surface area contributed by atoms with Crippen molar-refractivity contribution < 1.29 is 9.90 Å². The number of nitrogens with two attached hydrogens (primary N) is 1. The average molecular weight is 283 g/mol. The Balaban J connectivity index is 2.09. The summed E-state index contributed by atoms with van der Waals surface area (Å²) < 4.78 is 0. The average Bonchev–Trinajstić information content (AvgIpc) is 2.58. The fourth-order valence-corrected chi connectivity index (χ4v) is 2.61. The van der Waals surface area contributed by atoms with Crippen LogP contribution >= 0.6 is 11.6 Å². The lowest BCUT2D eigenvalue weighted by molar-refractivity contribution is 0.0819. The fourth-order valence-electron chi connectivity index (χ4n) is 2.44. The van der Waals surface area contributed by atoms with Crippen molar-refractivity contribution in [3.05, 3.63) is 28.8 Å². The molecule has 1 amide bonds. The van der Waals surface area contributed by atoms with Gasteiger partial charge < -0.3 is 16.2 Å². The van der Waals surface area contributed by atoms with E-state index in [0.717, 1.165) is 32.1 Å². The maximum atomic E-state index is 12.2. The Morgan fingerprint density at radius 1 is 1.32 bits per heavy atom. The first-order valence-corrected chi connectivity index (χ1v) is 7.00. The molecule has 1 aromatic carbocycles. The Labute approximate surface area is 117 Å². The number of nitrogens with one attached hydrogen (secondary N) is 1. The summed E-state index contributed by atoms with van der Waals surface area (Å²) in [7, 11) is 0. The molecule has 2 unspecified atom stereocenters. The van der Waals surface area contributed by atoms with E-state index in [1.807, 2.05) is 0 Å². The van der Waals surface area contributed by atoms with Crippen LogP contribution in [-0.2, 0) is 0 Å². The van der Waals surface area contributed by atoms with Gasteiger partial charge in [0, 0.05) is 0 Å². The quantitative estimate of drug-likeness (QED) is 0.576. The molecule has 1 aromatic rings. The van der Waals surface area contributed by atoms with Crippen molar-refractivity contribution in [3.8, 4) is 0 Å². The number of halogens is 1. The van der Waals surface area contributed by atoms with Crippen molar-refractivity contribution in [2.24, 2.45) is 0 Å². The fraction of sp³-hybridized carbons (Fsp3) is 0.500. The first-order valence-electron chi connectivity index (χ1n) is 6.62. The molecule has 0 aliphatic heterocycles. The molecule has 4 N–H and O–H groups in total. The van der Waals surface area contributed by atoms with Crippen LogP contribution in [0.5, 0.6) is 0 Å². The molecule has 0 aromatic heterocycles. The van der Waals surface area contributed by atoms with Crippen LogP contribution in [0.1, 0.15) is 42.5 Å². The van der Waals surface area contributed by atoms with E-state index in [-0.39, 0.29) is 17.6 Å². The van der Waals surface area contributed by atoms with E-state index in [1.165, 1.54) is 0 Å². The van der Waals surface area contributed by atoms with Crippen LogP contribution in [0.15, 0.2) is 18.2 Å². The van der Waals surface area contributed by atoms with Crippen molar-refractivity contribution in [3.63, 3.8) is 0 Å². The van der Waals surface area contributed by atoms with Crippen molar-refractivity contribution >= 4 is 23.2 Å². The molecule has 0 bridgehead atoms. The molecular weight excluding hydrogens is 264 g/mol. The molecule has 19 heavy (non-hydrogen) atoms. The van der Waals surface area contributed by atoms with Gasteiger partial charge in [-0.25, -0.2) is 0 Å². The summed E-state index contributed by atoms with van der Waals surface area (Å²) in [6.07, 6.45) is 4.18. The summed E-state index contributed by atoms with van der Waals surface area (Å²) in [6, 6.07) is 4.78. The zero-order chi connectivity index (χ0) is 13.8. The molecule has 2 rings (SSSR count). The molecule has 1 aliphatic carbocycles. The molecule has 0 radical (unpaired) electrons. The molecule has 104 valence electrons. The molecule has 1 aliphatic rings. The molecule has 0 spiro atoms. The van der Waals surface area contributed by atoms with E-state index < -0.39 is 6.10 Å². The second kappa shape index (κ2) is 6.26. The highest BCUT2D eigenvalue weighted by atomic mass is 35.5. The van der Waals surface area contributed by atoms with Crippen molar-refractivity contribution in [1.82, 2.24) is 5.32 Å². The SMILES string of the molecule is Nc1c(Cl)cccc1C(=O)NC1CCCCCC1O. The number of carbonyl (C=O) groups excluding carboxylic acids is 1. The maximum absolute atomic E-state index is 12.2. The molecule has 2 atom stereocenters. The van der Waals surface area contributed by atoms with Gasteiger partial charge in [0.1, 0.15) is 0 Å². The number of para-hydroxylation sites is 1. The normalized spacial score (nSPS) is 23.7. The lowest BCUT2D eigenvalue weighted by Crippen LogP contribution is -2.42. The number of hydrogen-bond acceptors (Lipinski definition) is 3. The highest BCUT2D eigenvalue weighted by molar-refractivity contribution is 6.33. The second-order valence-electron chi connectivity index (χ2n) is 4.99. The van der Waals surface area contributed by atoms with E-state index in [0.29, 0.717) is 10.6 Å². The highest BCUT2D eigenvalue weighted by Crippen LogP contribution is 2.23. The van der Waals surface area contributed by atoms with Gasteiger partial charge in [-0.1, -0.05) is 36.9 Å². The van der Waals surface area contributed by atoms with Crippen LogP contribution in [0.4, 0.5) is 5.69 Å². The Morgan fingerprint density at radius 2 is 2.05 bits per heavy atom. The molecule has 1 saturated carbocycles. The largest absolute Gasteiger partial charge is 0.397 e. The number of aliphatic hydroxyl groups is 1. The van der Waals surface area contributed by atoms with Gasteiger partial charge in [-0.3, -0.25) is 4.79 Å².